The third kappa shape index (κ3) is 10.2. The molecule has 19 heavy (non-hydrogen) atoms. The normalized spacial score (nSPS) is 10.0. The largest absolute Gasteiger partial charge is 0.465 e. The summed E-state index contributed by atoms with van der Waals surface area (Å²) in [6.07, 6.45) is 5.38. The van der Waals surface area contributed by atoms with Crippen LogP contribution in [0.5, 0.6) is 0 Å². The summed E-state index contributed by atoms with van der Waals surface area (Å²) in [6.45, 7) is 4.77. The third-order valence-electron chi connectivity index (χ3n) is 2.56. The molecule has 0 fully saturated rings. The van der Waals surface area contributed by atoms with E-state index < -0.39 is 11.9 Å². The fourth-order valence-electron chi connectivity index (χ4n) is 1.41. The third-order valence-corrected chi connectivity index (χ3v) is 2.56. The summed E-state index contributed by atoms with van der Waals surface area (Å²) in [5.41, 5.74) is -0.336. The summed E-state index contributed by atoms with van der Waals surface area (Å²) in [4.78, 5) is 22.7. The molecule has 0 saturated carbocycles. The Hall–Kier alpha value is -1.39. The molecule has 5 heteroatoms. The minimum atomic E-state index is -0.721. The standard InChI is InChI=1S/C14H25NO4/c1-3-5-7-9-18-13(16)11-12(15)14(17)19-10-8-6-4-2/h15H,3-11H2,1-2H3. The average Bonchev–Trinajstić information content (AvgIpc) is 2.39. The van der Waals surface area contributed by atoms with Crippen LogP contribution in [0.1, 0.15) is 58.8 Å². The molecule has 0 heterocycles. The van der Waals surface area contributed by atoms with Crippen LogP contribution in [0.25, 0.3) is 0 Å². The Morgan fingerprint density at radius 3 is 1.95 bits per heavy atom. The first kappa shape index (κ1) is 17.6. The van der Waals surface area contributed by atoms with Gasteiger partial charge in [0.05, 0.1) is 19.6 Å². The van der Waals surface area contributed by atoms with Gasteiger partial charge < -0.3 is 9.47 Å². The monoisotopic (exact) mass is 271 g/mol. The first-order chi connectivity index (χ1) is 9.11. The van der Waals surface area contributed by atoms with Crippen molar-refractivity contribution in [2.24, 2.45) is 0 Å². The van der Waals surface area contributed by atoms with Gasteiger partial charge in [0.2, 0.25) is 0 Å². The predicted octanol–water partition coefficient (Wildman–Crippen LogP) is 2.86. The fourth-order valence-corrected chi connectivity index (χ4v) is 1.41. The van der Waals surface area contributed by atoms with E-state index in [-0.39, 0.29) is 12.1 Å². The van der Waals surface area contributed by atoms with Crippen LogP contribution in [0.3, 0.4) is 0 Å². The molecule has 5 nitrogen and oxygen atoms in total. The molecule has 0 aliphatic carbocycles. The molecular weight excluding hydrogens is 246 g/mol. The van der Waals surface area contributed by atoms with E-state index in [0.29, 0.717) is 13.2 Å². The zero-order valence-electron chi connectivity index (χ0n) is 12.0. The second-order valence-electron chi connectivity index (χ2n) is 4.43. The topological polar surface area (TPSA) is 76.5 Å². The number of hydrogen-bond donors (Lipinski definition) is 1. The van der Waals surface area contributed by atoms with Gasteiger partial charge >= 0.3 is 11.9 Å². The van der Waals surface area contributed by atoms with E-state index in [9.17, 15) is 9.59 Å². The van der Waals surface area contributed by atoms with Crippen LogP contribution in [0.15, 0.2) is 0 Å². The molecule has 0 bridgehead atoms. The SMILES string of the molecule is CCCCCOC(=O)CC(=N)C(=O)OCCCCC. The molecule has 0 radical (unpaired) electrons. The van der Waals surface area contributed by atoms with Crippen LogP contribution in [0.2, 0.25) is 0 Å². The molecule has 0 aromatic carbocycles. The van der Waals surface area contributed by atoms with Gasteiger partial charge in [0, 0.05) is 0 Å². The van der Waals surface area contributed by atoms with Crippen molar-refractivity contribution in [1.82, 2.24) is 0 Å². The highest BCUT2D eigenvalue weighted by molar-refractivity contribution is 6.38. The van der Waals surface area contributed by atoms with E-state index in [4.69, 9.17) is 14.9 Å². The van der Waals surface area contributed by atoms with E-state index in [1.54, 1.807) is 0 Å². The zero-order chi connectivity index (χ0) is 14.5. The lowest BCUT2D eigenvalue weighted by Crippen LogP contribution is -2.21. The number of unbranched alkanes of at least 4 members (excludes halogenated alkanes) is 4. The predicted molar refractivity (Wildman–Crippen MR) is 73.3 cm³/mol. The lowest BCUT2D eigenvalue weighted by atomic mass is 10.2. The van der Waals surface area contributed by atoms with E-state index in [1.807, 2.05) is 0 Å². The summed E-state index contributed by atoms with van der Waals surface area (Å²) in [6, 6.07) is 0. The number of rotatable bonds is 11. The fraction of sp³-hybridized carbons (Fsp3) is 0.786. The number of hydrogen-bond acceptors (Lipinski definition) is 5. The molecule has 0 rings (SSSR count). The van der Waals surface area contributed by atoms with Crippen molar-refractivity contribution in [3.63, 3.8) is 0 Å². The lowest BCUT2D eigenvalue weighted by Gasteiger charge is -2.06. The highest BCUT2D eigenvalue weighted by atomic mass is 16.5. The van der Waals surface area contributed by atoms with Crippen molar-refractivity contribution in [2.75, 3.05) is 13.2 Å². The molecule has 0 aromatic rings. The first-order valence-corrected chi connectivity index (χ1v) is 7.02. The smallest absolute Gasteiger partial charge is 0.352 e. The van der Waals surface area contributed by atoms with Crippen LogP contribution >= 0.6 is 0 Å². The Morgan fingerprint density at radius 1 is 0.895 bits per heavy atom. The van der Waals surface area contributed by atoms with E-state index in [0.717, 1.165) is 38.5 Å². The maximum atomic E-state index is 11.4. The number of carbonyl (C=O) groups excluding carboxylic acids is 2. The Kier molecular flexibility index (Phi) is 10.8. The molecule has 0 aliphatic rings. The van der Waals surface area contributed by atoms with Crippen LogP contribution in [0.4, 0.5) is 0 Å². The molecule has 0 amide bonds. The molecule has 0 aromatic heterocycles. The molecule has 1 N–H and O–H groups in total. The summed E-state index contributed by atoms with van der Waals surface area (Å²) < 4.78 is 9.80. The minimum absolute atomic E-state index is 0.306. The Bertz CT molecular complexity index is 289. The van der Waals surface area contributed by atoms with Gasteiger partial charge in [-0.25, -0.2) is 4.79 Å². The summed E-state index contributed by atoms with van der Waals surface area (Å²) in [5.74, 6) is -1.26. The molecule has 0 spiro atoms. The second kappa shape index (κ2) is 11.7. The van der Waals surface area contributed by atoms with Gasteiger partial charge in [-0.2, -0.15) is 0 Å². The van der Waals surface area contributed by atoms with Gasteiger partial charge in [-0.05, 0) is 12.8 Å². The highest BCUT2D eigenvalue weighted by Gasteiger charge is 2.16. The van der Waals surface area contributed by atoms with Crippen LogP contribution in [-0.4, -0.2) is 30.9 Å². The van der Waals surface area contributed by atoms with Gasteiger partial charge in [0.15, 0.2) is 0 Å². The van der Waals surface area contributed by atoms with Gasteiger partial charge in [0.25, 0.3) is 0 Å². The number of esters is 2. The quantitative estimate of drug-likeness (QED) is 0.356. The molecule has 0 saturated heterocycles. The average molecular weight is 271 g/mol. The molecular formula is C14H25NO4. The molecule has 110 valence electrons. The lowest BCUT2D eigenvalue weighted by molar-refractivity contribution is -0.144. The molecule has 0 unspecified atom stereocenters. The van der Waals surface area contributed by atoms with Gasteiger partial charge in [-0.3, -0.25) is 10.2 Å². The Balaban J connectivity index is 3.70. The number of ether oxygens (including phenoxy) is 2. The van der Waals surface area contributed by atoms with Gasteiger partial charge in [-0.1, -0.05) is 39.5 Å². The number of nitrogens with one attached hydrogen (secondary N) is 1. The second-order valence-corrected chi connectivity index (χ2v) is 4.43. The van der Waals surface area contributed by atoms with Crippen molar-refractivity contribution in [3.05, 3.63) is 0 Å². The minimum Gasteiger partial charge on any atom is -0.465 e. The molecule has 0 aliphatic heterocycles. The van der Waals surface area contributed by atoms with Gasteiger partial charge in [-0.15, -0.1) is 0 Å². The Morgan fingerprint density at radius 2 is 1.42 bits per heavy atom. The van der Waals surface area contributed by atoms with Crippen molar-refractivity contribution >= 4 is 17.7 Å². The van der Waals surface area contributed by atoms with Crippen LogP contribution in [0, 0.1) is 5.41 Å². The van der Waals surface area contributed by atoms with E-state index in [2.05, 4.69) is 13.8 Å². The van der Waals surface area contributed by atoms with Crippen molar-refractivity contribution < 1.29 is 19.1 Å². The highest BCUT2D eigenvalue weighted by Crippen LogP contribution is 1.99. The van der Waals surface area contributed by atoms with Crippen LogP contribution < -0.4 is 0 Å². The van der Waals surface area contributed by atoms with E-state index in [1.165, 1.54) is 0 Å². The van der Waals surface area contributed by atoms with Crippen LogP contribution in [-0.2, 0) is 19.1 Å². The Labute approximate surface area is 115 Å². The molecule has 0 atom stereocenters. The summed E-state index contributed by atoms with van der Waals surface area (Å²) in [7, 11) is 0. The van der Waals surface area contributed by atoms with Crippen molar-refractivity contribution in [2.45, 2.75) is 58.8 Å². The summed E-state index contributed by atoms with van der Waals surface area (Å²) in [5, 5.41) is 7.45. The first-order valence-electron chi connectivity index (χ1n) is 7.02. The van der Waals surface area contributed by atoms with Gasteiger partial charge in [0.1, 0.15) is 5.71 Å². The summed E-state index contributed by atoms with van der Waals surface area (Å²) >= 11 is 0. The van der Waals surface area contributed by atoms with E-state index >= 15 is 0 Å². The maximum Gasteiger partial charge on any atom is 0.352 e. The van der Waals surface area contributed by atoms with Crippen molar-refractivity contribution in [3.8, 4) is 0 Å². The zero-order valence-corrected chi connectivity index (χ0v) is 12.0. The maximum absolute atomic E-state index is 11.4. The van der Waals surface area contributed by atoms with Crippen molar-refractivity contribution in [1.29, 1.82) is 5.41 Å². The number of carbonyl (C=O) groups is 2.